The molecule has 2 aromatic heterocycles. The van der Waals surface area contributed by atoms with Crippen molar-refractivity contribution in [1.29, 1.82) is 0 Å². The predicted octanol–water partition coefficient (Wildman–Crippen LogP) is 2.56. The van der Waals surface area contributed by atoms with E-state index in [9.17, 15) is 13.2 Å². The number of aryl methyl sites for hydroxylation is 2. The Hall–Kier alpha value is -3.77. The molecule has 0 saturated carbocycles. The van der Waals surface area contributed by atoms with Crippen LogP contribution >= 0.6 is 0 Å². The molecule has 0 aliphatic rings. The maximum absolute atomic E-state index is 12.4. The molecule has 2 aromatic carbocycles. The van der Waals surface area contributed by atoms with Gasteiger partial charge in [0.05, 0.1) is 29.5 Å². The number of esters is 1. The molecule has 0 aliphatic carbocycles. The molecule has 35 heavy (non-hydrogen) atoms. The summed E-state index contributed by atoms with van der Waals surface area (Å²) in [5.74, 6) is 1.39. The van der Waals surface area contributed by atoms with Crippen LogP contribution in [0.15, 0.2) is 51.9 Å². The maximum atomic E-state index is 12.4. The van der Waals surface area contributed by atoms with Crippen LogP contribution in [0.25, 0.3) is 22.4 Å². The molecule has 0 aliphatic heterocycles. The van der Waals surface area contributed by atoms with Gasteiger partial charge in [0.15, 0.2) is 6.61 Å². The molecule has 0 unspecified atom stereocenters. The van der Waals surface area contributed by atoms with E-state index in [1.54, 1.807) is 25.3 Å². The topological polar surface area (TPSA) is 130 Å². The SMILES string of the molecule is COc1cccc(-c2noc(COC(=O)CCc3nc4cc(S(=O)(=O)N(C)C)ccc4n3C)n2)c1. The quantitative estimate of drug-likeness (QED) is 0.319. The molecule has 12 heteroatoms. The van der Waals surface area contributed by atoms with Crippen LogP contribution in [0.4, 0.5) is 0 Å². The number of benzene rings is 2. The summed E-state index contributed by atoms with van der Waals surface area (Å²) >= 11 is 0. The Balaban J connectivity index is 1.37. The predicted molar refractivity (Wildman–Crippen MR) is 126 cm³/mol. The van der Waals surface area contributed by atoms with Crippen molar-refractivity contribution in [3.05, 3.63) is 54.2 Å². The van der Waals surface area contributed by atoms with Crippen molar-refractivity contribution in [2.24, 2.45) is 7.05 Å². The lowest BCUT2D eigenvalue weighted by molar-refractivity contribution is -0.145. The number of fused-ring (bicyclic) bond motifs is 1. The molecule has 11 nitrogen and oxygen atoms in total. The van der Waals surface area contributed by atoms with Crippen molar-refractivity contribution < 1.29 is 27.2 Å². The molecule has 0 N–H and O–H groups in total. The Morgan fingerprint density at radius 1 is 1.14 bits per heavy atom. The molecule has 4 aromatic rings. The van der Waals surface area contributed by atoms with Crippen molar-refractivity contribution in [3.63, 3.8) is 0 Å². The van der Waals surface area contributed by atoms with Crippen molar-refractivity contribution in [1.82, 2.24) is 24.0 Å². The fraction of sp³-hybridized carbons (Fsp3) is 0.304. The molecular formula is C23H25N5O6S. The molecule has 0 radical (unpaired) electrons. The Bertz CT molecular complexity index is 1470. The lowest BCUT2D eigenvalue weighted by Gasteiger charge is -2.10. The van der Waals surface area contributed by atoms with Gasteiger partial charge in [0.1, 0.15) is 11.6 Å². The number of hydrogen-bond donors (Lipinski definition) is 0. The number of rotatable bonds is 9. The third-order valence-corrected chi connectivity index (χ3v) is 7.24. The van der Waals surface area contributed by atoms with E-state index >= 15 is 0 Å². The molecule has 0 spiro atoms. The van der Waals surface area contributed by atoms with E-state index in [0.717, 1.165) is 9.82 Å². The highest BCUT2D eigenvalue weighted by Crippen LogP contribution is 2.23. The molecule has 184 valence electrons. The minimum absolute atomic E-state index is 0.0803. The monoisotopic (exact) mass is 499 g/mol. The van der Waals surface area contributed by atoms with Gasteiger partial charge in [0.25, 0.3) is 5.89 Å². The minimum atomic E-state index is -3.57. The summed E-state index contributed by atoms with van der Waals surface area (Å²) < 4.78 is 43.4. The largest absolute Gasteiger partial charge is 0.497 e. The number of carbonyl (C=O) groups is 1. The van der Waals surface area contributed by atoms with Crippen molar-refractivity contribution in [2.45, 2.75) is 24.3 Å². The van der Waals surface area contributed by atoms with Crippen molar-refractivity contribution in [3.8, 4) is 17.1 Å². The van der Waals surface area contributed by atoms with Gasteiger partial charge in [-0.2, -0.15) is 4.98 Å². The van der Waals surface area contributed by atoms with Gasteiger partial charge in [-0.3, -0.25) is 4.79 Å². The highest BCUT2D eigenvalue weighted by atomic mass is 32.2. The first-order valence-corrected chi connectivity index (χ1v) is 12.1. The third kappa shape index (κ3) is 5.17. The van der Waals surface area contributed by atoms with E-state index in [2.05, 4.69) is 15.1 Å². The molecule has 0 fully saturated rings. The van der Waals surface area contributed by atoms with Crippen molar-refractivity contribution >= 4 is 27.0 Å². The Kier molecular flexibility index (Phi) is 6.85. The third-order valence-electron chi connectivity index (χ3n) is 5.43. The van der Waals surface area contributed by atoms with Crippen LogP contribution in [0, 0.1) is 0 Å². The lowest BCUT2D eigenvalue weighted by Crippen LogP contribution is -2.22. The number of imidazole rings is 1. The van der Waals surface area contributed by atoms with Gasteiger partial charge in [-0.25, -0.2) is 17.7 Å². The molecule has 0 bridgehead atoms. The molecule has 2 heterocycles. The summed E-state index contributed by atoms with van der Waals surface area (Å²) in [5, 5.41) is 3.91. The van der Waals surface area contributed by atoms with Crippen LogP contribution < -0.4 is 4.74 Å². The van der Waals surface area contributed by atoms with E-state index in [-0.39, 0.29) is 23.8 Å². The normalized spacial score (nSPS) is 11.8. The Morgan fingerprint density at radius 2 is 1.94 bits per heavy atom. The van der Waals surface area contributed by atoms with E-state index in [1.165, 1.54) is 20.2 Å². The summed E-state index contributed by atoms with van der Waals surface area (Å²) in [6.07, 6.45) is 0.398. The van der Waals surface area contributed by atoms with Gasteiger partial charge < -0.3 is 18.6 Å². The second-order valence-electron chi connectivity index (χ2n) is 7.93. The van der Waals surface area contributed by atoms with Gasteiger partial charge in [-0.05, 0) is 30.3 Å². The van der Waals surface area contributed by atoms with Gasteiger partial charge in [0.2, 0.25) is 15.8 Å². The van der Waals surface area contributed by atoms with Crippen LogP contribution in [0.1, 0.15) is 18.1 Å². The highest BCUT2D eigenvalue weighted by Gasteiger charge is 2.19. The summed E-state index contributed by atoms with van der Waals surface area (Å²) in [6, 6.07) is 12.0. The van der Waals surface area contributed by atoms with Crippen LogP contribution in [0.2, 0.25) is 0 Å². The molecular weight excluding hydrogens is 474 g/mol. The lowest BCUT2D eigenvalue weighted by atomic mass is 10.2. The fourth-order valence-corrected chi connectivity index (χ4v) is 4.37. The second kappa shape index (κ2) is 9.84. The first-order valence-electron chi connectivity index (χ1n) is 10.7. The number of carbonyl (C=O) groups excluding carboxylic acids is 1. The van der Waals surface area contributed by atoms with Gasteiger partial charge in [-0.1, -0.05) is 17.3 Å². The number of methoxy groups -OCH3 is 1. The average molecular weight is 500 g/mol. The van der Waals surface area contributed by atoms with Gasteiger partial charge in [0, 0.05) is 33.1 Å². The van der Waals surface area contributed by atoms with Crippen molar-refractivity contribution in [2.75, 3.05) is 21.2 Å². The Labute approximate surface area is 202 Å². The zero-order valence-corrected chi connectivity index (χ0v) is 20.6. The first-order chi connectivity index (χ1) is 16.7. The zero-order valence-electron chi connectivity index (χ0n) is 19.8. The summed E-state index contributed by atoms with van der Waals surface area (Å²) in [4.78, 5) is 21.2. The molecule has 0 saturated heterocycles. The molecule has 0 amide bonds. The van der Waals surface area contributed by atoms with E-state index in [4.69, 9.17) is 14.0 Å². The first kappa shape index (κ1) is 24.4. The summed E-state index contributed by atoms with van der Waals surface area (Å²) in [6.45, 7) is -0.149. The van der Waals surface area contributed by atoms with E-state index in [1.807, 2.05) is 29.8 Å². The van der Waals surface area contributed by atoms with E-state index in [0.29, 0.717) is 34.9 Å². The van der Waals surface area contributed by atoms with Gasteiger partial charge in [-0.15, -0.1) is 0 Å². The van der Waals surface area contributed by atoms with Crippen LogP contribution in [0.3, 0.4) is 0 Å². The number of sulfonamides is 1. The summed E-state index contributed by atoms with van der Waals surface area (Å²) in [5.41, 5.74) is 2.02. The second-order valence-corrected chi connectivity index (χ2v) is 10.1. The van der Waals surface area contributed by atoms with Crippen LogP contribution in [-0.4, -0.2) is 59.6 Å². The minimum Gasteiger partial charge on any atom is -0.497 e. The number of hydrogen-bond acceptors (Lipinski definition) is 9. The number of aromatic nitrogens is 4. The number of nitrogens with zero attached hydrogens (tertiary/aromatic N) is 5. The highest BCUT2D eigenvalue weighted by molar-refractivity contribution is 7.89. The molecule has 4 rings (SSSR count). The zero-order chi connectivity index (χ0) is 25.2. The average Bonchev–Trinajstić information content (AvgIpc) is 3.45. The van der Waals surface area contributed by atoms with Gasteiger partial charge >= 0.3 is 5.97 Å². The number of ether oxygens (including phenoxy) is 2. The smallest absolute Gasteiger partial charge is 0.306 e. The fourth-order valence-electron chi connectivity index (χ4n) is 3.45. The maximum Gasteiger partial charge on any atom is 0.306 e. The summed E-state index contributed by atoms with van der Waals surface area (Å²) in [7, 11) is 2.77. The van der Waals surface area contributed by atoms with Crippen LogP contribution in [0.5, 0.6) is 5.75 Å². The Morgan fingerprint density at radius 3 is 2.69 bits per heavy atom. The molecule has 0 atom stereocenters. The standard InChI is InChI=1S/C23H25N5O6S/c1-27(2)35(30,31)17-8-9-19-18(13-17)24-20(28(19)3)10-11-22(29)33-14-21-25-23(26-34-21)15-6-5-7-16(12-15)32-4/h5-9,12-13H,10-11,14H2,1-4H3. The van der Waals surface area contributed by atoms with Crippen LogP contribution in [-0.2, 0) is 39.6 Å². The van der Waals surface area contributed by atoms with E-state index < -0.39 is 16.0 Å².